The molecule has 1 saturated carbocycles. The lowest BCUT2D eigenvalue weighted by Crippen LogP contribution is -2.54. The molecule has 1 saturated heterocycles. The molecule has 2 aliphatic rings. The molecule has 1 aromatic carbocycles. The Morgan fingerprint density at radius 1 is 1.18 bits per heavy atom. The topological polar surface area (TPSA) is 109 Å². The van der Waals surface area contributed by atoms with E-state index in [0.29, 0.717) is 42.0 Å². The van der Waals surface area contributed by atoms with E-state index in [1.54, 1.807) is 19.9 Å². The Bertz CT molecular complexity index is 1160. The van der Waals surface area contributed by atoms with Crippen LogP contribution < -0.4 is 15.7 Å². The van der Waals surface area contributed by atoms with Crippen molar-refractivity contribution in [3.05, 3.63) is 39.2 Å². The first kappa shape index (κ1) is 24.3. The molecule has 2 aromatic rings. The third-order valence-electron chi connectivity index (χ3n) is 7.62. The number of nitrogens with zero attached hydrogens (tertiary/aromatic N) is 1. The highest BCUT2D eigenvalue weighted by Crippen LogP contribution is 2.39. The number of fused-ring (bicyclic) bond motifs is 2. The van der Waals surface area contributed by atoms with Gasteiger partial charge in [-0.05, 0) is 57.7 Å². The molecule has 1 aromatic heterocycles. The molecule has 2 N–H and O–H groups in total. The molecule has 0 radical (unpaired) electrons. The van der Waals surface area contributed by atoms with Crippen LogP contribution in [0.4, 0.5) is 0 Å². The van der Waals surface area contributed by atoms with Crippen molar-refractivity contribution in [3.8, 4) is 5.75 Å². The fraction of sp³-hybridized carbons (Fsp3) is 0.577. The van der Waals surface area contributed by atoms with E-state index in [1.165, 1.54) is 0 Å². The minimum atomic E-state index is -0.610. The molecular formula is C26H34N2O6. The number of likely N-dealkylation sites (tertiary alicyclic amines) is 1. The first-order chi connectivity index (χ1) is 16.2. The summed E-state index contributed by atoms with van der Waals surface area (Å²) in [7, 11) is 0. The van der Waals surface area contributed by atoms with Crippen LogP contribution in [0.15, 0.2) is 21.3 Å². The highest BCUT2D eigenvalue weighted by molar-refractivity contribution is 5.86. The van der Waals surface area contributed by atoms with Crippen molar-refractivity contribution in [1.29, 1.82) is 0 Å². The summed E-state index contributed by atoms with van der Waals surface area (Å²) in [5, 5.41) is 14.4. The van der Waals surface area contributed by atoms with Gasteiger partial charge in [0.2, 0.25) is 5.91 Å². The second-order valence-electron chi connectivity index (χ2n) is 9.73. The van der Waals surface area contributed by atoms with Crippen molar-refractivity contribution < 1.29 is 23.8 Å². The zero-order valence-electron chi connectivity index (χ0n) is 20.2. The number of amides is 2. The summed E-state index contributed by atoms with van der Waals surface area (Å²) in [4.78, 5) is 38.7. The van der Waals surface area contributed by atoms with E-state index >= 15 is 0 Å². The Morgan fingerprint density at radius 2 is 1.97 bits per heavy atom. The molecule has 2 amide bonds. The van der Waals surface area contributed by atoms with Crippen LogP contribution in [0, 0.1) is 26.7 Å². The largest absolute Gasteiger partial charge is 0.483 e. The Balaban J connectivity index is 1.26. The fourth-order valence-electron chi connectivity index (χ4n) is 5.24. The molecule has 1 aliphatic heterocycles. The maximum absolute atomic E-state index is 12.6. The standard InChI is InChI=1S/C26H34N2O6/c1-16-17(2)25(31)34-24-18(3)21(8-7-20(16)24)33-15-22(29)27-12-9-23(30)28-13-11-26(32)10-5-4-6-19(26)14-28/h7-8,19,32H,4-6,9-15H2,1-3H3,(H,27,29)/t19-,26+/m0/s1. The maximum Gasteiger partial charge on any atom is 0.339 e. The first-order valence-corrected chi connectivity index (χ1v) is 12.1. The summed E-state index contributed by atoms with van der Waals surface area (Å²) < 4.78 is 11.1. The summed E-state index contributed by atoms with van der Waals surface area (Å²) in [6.07, 6.45) is 4.81. The Morgan fingerprint density at radius 3 is 2.76 bits per heavy atom. The van der Waals surface area contributed by atoms with Crippen molar-refractivity contribution in [2.75, 3.05) is 26.2 Å². The molecule has 0 bridgehead atoms. The molecule has 184 valence electrons. The third-order valence-corrected chi connectivity index (χ3v) is 7.62. The number of aryl methyl sites for hydroxylation is 2. The summed E-state index contributed by atoms with van der Waals surface area (Å²) in [5.74, 6) is 0.303. The van der Waals surface area contributed by atoms with Crippen LogP contribution in [0.3, 0.4) is 0 Å². The highest BCUT2D eigenvalue weighted by atomic mass is 16.5. The van der Waals surface area contributed by atoms with E-state index in [-0.39, 0.29) is 42.9 Å². The van der Waals surface area contributed by atoms with Crippen LogP contribution in [0.2, 0.25) is 0 Å². The molecule has 0 unspecified atom stereocenters. The highest BCUT2D eigenvalue weighted by Gasteiger charge is 2.43. The summed E-state index contributed by atoms with van der Waals surface area (Å²) >= 11 is 0. The first-order valence-electron chi connectivity index (χ1n) is 12.1. The van der Waals surface area contributed by atoms with Crippen molar-refractivity contribution in [3.63, 3.8) is 0 Å². The number of aliphatic hydroxyl groups is 1. The van der Waals surface area contributed by atoms with Gasteiger partial charge in [0, 0.05) is 48.5 Å². The lowest BCUT2D eigenvalue weighted by atomic mass is 9.71. The number of hydrogen-bond donors (Lipinski definition) is 2. The van der Waals surface area contributed by atoms with Crippen molar-refractivity contribution in [2.45, 2.75) is 64.9 Å². The van der Waals surface area contributed by atoms with Crippen molar-refractivity contribution in [2.24, 2.45) is 5.92 Å². The zero-order valence-corrected chi connectivity index (χ0v) is 20.2. The van der Waals surface area contributed by atoms with E-state index in [4.69, 9.17) is 9.15 Å². The van der Waals surface area contributed by atoms with Gasteiger partial charge in [0.05, 0.1) is 5.60 Å². The predicted molar refractivity (Wildman–Crippen MR) is 128 cm³/mol. The quantitative estimate of drug-likeness (QED) is 0.629. The van der Waals surface area contributed by atoms with E-state index in [9.17, 15) is 19.5 Å². The minimum absolute atomic E-state index is 0.0000857. The van der Waals surface area contributed by atoms with E-state index < -0.39 is 5.60 Å². The van der Waals surface area contributed by atoms with Gasteiger partial charge in [-0.2, -0.15) is 0 Å². The SMILES string of the molecule is Cc1c(C)c2ccc(OCC(=O)NCCC(=O)N3CC[C@]4(O)CCCC[C@H]4C3)c(C)c2oc1=O. The average Bonchev–Trinajstić information content (AvgIpc) is 2.82. The summed E-state index contributed by atoms with van der Waals surface area (Å²) in [6, 6.07) is 3.59. The average molecular weight is 471 g/mol. The molecule has 2 atom stereocenters. The molecule has 2 fully saturated rings. The summed E-state index contributed by atoms with van der Waals surface area (Å²) in [5.41, 5.74) is 1.58. The molecule has 0 spiro atoms. The smallest absolute Gasteiger partial charge is 0.339 e. The number of hydrogen-bond acceptors (Lipinski definition) is 6. The molecule has 8 nitrogen and oxygen atoms in total. The van der Waals surface area contributed by atoms with Crippen LogP contribution in [-0.2, 0) is 9.59 Å². The fourth-order valence-corrected chi connectivity index (χ4v) is 5.24. The number of rotatable bonds is 6. The number of nitrogens with one attached hydrogen (secondary N) is 1. The Kier molecular flexibility index (Phi) is 6.98. The summed E-state index contributed by atoms with van der Waals surface area (Å²) in [6.45, 7) is 6.60. The van der Waals surface area contributed by atoms with Crippen molar-refractivity contribution >= 4 is 22.8 Å². The van der Waals surface area contributed by atoms with Gasteiger partial charge in [0.25, 0.3) is 5.91 Å². The third kappa shape index (κ3) is 4.82. The second kappa shape index (κ2) is 9.78. The number of carbonyl (C=O) groups excluding carboxylic acids is 2. The van der Waals surface area contributed by atoms with Crippen LogP contribution in [0.5, 0.6) is 5.75 Å². The van der Waals surface area contributed by atoms with Crippen LogP contribution in [0.1, 0.15) is 55.2 Å². The van der Waals surface area contributed by atoms with Gasteiger partial charge in [-0.25, -0.2) is 4.79 Å². The van der Waals surface area contributed by atoms with Gasteiger partial charge in [0.1, 0.15) is 11.3 Å². The number of ether oxygens (including phenoxy) is 1. The molecular weight excluding hydrogens is 436 g/mol. The van der Waals surface area contributed by atoms with Crippen molar-refractivity contribution in [1.82, 2.24) is 10.2 Å². The maximum atomic E-state index is 12.6. The molecule has 4 rings (SSSR count). The van der Waals surface area contributed by atoms with E-state index in [2.05, 4.69) is 5.32 Å². The van der Waals surface area contributed by atoms with Crippen LogP contribution in [0.25, 0.3) is 11.0 Å². The molecule has 34 heavy (non-hydrogen) atoms. The van der Waals surface area contributed by atoms with Crippen LogP contribution >= 0.6 is 0 Å². The zero-order chi connectivity index (χ0) is 24.5. The minimum Gasteiger partial charge on any atom is -0.483 e. The van der Waals surface area contributed by atoms with Gasteiger partial charge in [0.15, 0.2) is 6.61 Å². The van der Waals surface area contributed by atoms with Gasteiger partial charge >= 0.3 is 5.63 Å². The molecule has 2 heterocycles. The Hall–Kier alpha value is -2.87. The van der Waals surface area contributed by atoms with Gasteiger partial charge in [-0.15, -0.1) is 0 Å². The van der Waals surface area contributed by atoms with Gasteiger partial charge in [-0.1, -0.05) is 12.8 Å². The molecule has 1 aliphatic carbocycles. The number of piperidine rings is 1. The van der Waals surface area contributed by atoms with Gasteiger partial charge < -0.3 is 24.5 Å². The lowest BCUT2D eigenvalue weighted by Gasteiger charge is -2.47. The number of carbonyl (C=O) groups is 2. The van der Waals surface area contributed by atoms with Gasteiger partial charge in [-0.3, -0.25) is 9.59 Å². The monoisotopic (exact) mass is 470 g/mol. The number of benzene rings is 1. The van der Waals surface area contributed by atoms with E-state index in [0.717, 1.165) is 36.6 Å². The second-order valence-corrected chi connectivity index (χ2v) is 9.73. The predicted octanol–water partition coefficient (Wildman–Crippen LogP) is 2.76. The van der Waals surface area contributed by atoms with E-state index in [1.807, 2.05) is 17.9 Å². The molecule has 8 heteroatoms. The van der Waals surface area contributed by atoms with Crippen LogP contribution in [-0.4, -0.2) is 53.7 Å². The normalized spacial score (nSPS) is 22.4. The Labute approximate surface area is 199 Å². The lowest BCUT2D eigenvalue weighted by molar-refractivity contribution is -0.143.